The lowest BCUT2D eigenvalue weighted by Gasteiger charge is -2.33. The summed E-state index contributed by atoms with van der Waals surface area (Å²) in [5, 5.41) is 23.0. The van der Waals surface area contributed by atoms with Gasteiger partial charge in [-0.15, -0.1) is 0 Å². The number of hydrogen-bond donors (Lipinski definition) is 2. The highest BCUT2D eigenvalue weighted by atomic mass is 16.1. The summed E-state index contributed by atoms with van der Waals surface area (Å²) in [5.74, 6) is 0.208. The number of piperidine rings is 1. The average Bonchev–Trinajstić information content (AvgIpc) is 3.48. The van der Waals surface area contributed by atoms with Crippen molar-refractivity contribution in [1.29, 1.82) is 5.26 Å². The van der Waals surface area contributed by atoms with Gasteiger partial charge in [-0.2, -0.15) is 20.3 Å². The van der Waals surface area contributed by atoms with Crippen LogP contribution in [0.3, 0.4) is 0 Å². The van der Waals surface area contributed by atoms with Crippen LogP contribution in [0.2, 0.25) is 0 Å². The fourth-order valence-electron chi connectivity index (χ4n) is 4.25. The number of benzene rings is 2. The van der Waals surface area contributed by atoms with Gasteiger partial charge in [0.2, 0.25) is 5.95 Å². The SMILES string of the molecule is N#CCNC(=O)c1ccc(-c2ccnc(Nc3ccc(N4CCC(n5nccn5)CC4)cc3)n2)cc1. The Balaban J connectivity index is 1.20. The van der Waals surface area contributed by atoms with Crippen molar-refractivity contribution in [3.05, 3.63) is 78.8 Å². The van der Waals surface area contributed by atoms with Crippen molar-refractivity contribution in [1.82, 2.24) is 30.3 Å². The summed E-state index contributed by atoms with van der Waals surface area (Å²) in [6.07, 6.45) is 7.19. The molecule has 1 saturated heterocycles. The van der Waals surface area contributed by atoms with Gasteiger partial charge in [0.1, 0.15) is 6.54 Å². The van der Waals surface area contributed by atoms with E-state index < -0.39 is 0 Å². The van der Waals surface area contributed by atoms with Gasteiger partial charge in [-0.3, -0.25) is 4.79 Å². The number of nitrogens with one attached hydrogen (secondary N) is 2. The maximum Gasteiger partial charge on any atom is 0.252 e. The number of aromatic nitrogens is 5. The lowest BCUT2D eigenvalue weighted by atomic mass is 10.0. The lowest BCUT2D eigenvalue weighted by Crippen LogP contribution is -2.35. The van der Waals surface area contributed by atoms with Crippen LogP contribution < -0.4 is 15.5 Å². The zero-order valence-electron chi connectivity index (χ0n) is 19.6. The van der Waals surface area contributed by atoms with Gasteiger partial charge in [0, 0.05) is 41.8 Å². The van der Waals surface area contributed by atoms with Crippen molar-refractivity contribution < 1.29 is 4.79 Å². The molecule has 0 aliphatic carbocycles. The van der Waals surface area contributed by atoms with Crippen LogP contribution in [0.25, 0.3) is 11.3 Å². The minimum Gasteiger partial charge on any atom is -0.371 e. The largest absolute Gasteiger partial charge is 0.371 e. The number of rotatable bonds is 7. The van der Waals surface area contributed by atoms with Crippen molar-refractivity contribution in [3.8, 4) is 17.3 Å². The van der Waals surface area contributed by atoms with Crippen LogP contribution in [0.5, 0.6) is 0 Å². The van der Waals surface area contributed by atoms with Gasteiger partial charge < -0.3 is 15.5 Å². The molecular formula is C26H25N9O. The standard InChI is InChI=1S/C26H25N9O/c27-12-14-28-25(36)20-3-1-19(2-4-20)24-9-13-29-26(33-24)32-21-5-7-22(8-6-21)34-17-10-23(11-18-34)35-30-15-16-31-35/h1-9,13,15-16,23H,10-11,14,17-18H2,(H,28,36)(H,29,32,33). The van der Waals surface area contributed by atoms with Gasteiger partial charge in [-0.05, 0) is 55.3 Å². The van der Waals surface area contributed by atoms with Crippen LogP contribution in [0.4, 0.5) is 17.3 Å². The molecule has 1 aliphatic rings. The van der Waals surface area contributed by atoms with Gasteiger partial charge in [-0.25, -0.2) is 9.97 Å². The number of carbonyl (C=O) groups is 1. The van der Waals surface area contributed by atoms with Crippen molar-refractivity contribution in [2.24, 2.45) is 0 Å². The van der Waals surface area contributed by atoms with Gasteiger partial charge in [0.05, 0.1) is 30.2 Å². The van der Waals surface area contributed by atoms with Gasteiger partial charge in [0.15, 0.2) is 0 Å². The van der Waals surface area contributed by atoms with Crippen LogP contribution in [0.1, 0.15) is 29.2 Å². The van der Waals surface area contributed by atoms with Crippen LogP contribution in [0.15, 0.2) is 73.2 Å². The highest BCUT2D eigenvalue weighted by Gasteiger charge is 2.21. The smallest absolute Gasteiger partial charge is 0.252 e. The fraction of sp³-hybridized carbons (Fsp3) is 0.231. The summed E-state index contributed by atoms with van der Waals surface area (Å²) in [6, 6.07) is 19.4. The van der Waals surface area contributed by atoms with E-state index in [9.17, 15) is 4.79 Å². The van der Waals surface area contributed by atoms with Crippen molar-refractivity contribution >= 4 is 23.2 Å². The van der Waals surface area contributed by atoms with Crippen molar-refractivity contribution in [2.75, 3.05) is 29.9 Å². The molecule has 36 heavy (non-hydrogen) atoms. The second-order valence-corrected chi connectivity index (χ2v) is 8.42. The fourth-order valence-corrected chi connectivity index (χ4v) is 4.25. The van der Waals surface area contributed by atoms with E-state index in [4.69, 9.17) is 5.26 Å². The first kappa shape index (κ1) is 23.0. The van der Waals surface area contributed by atoms with E-state index in [0.29, 0.717) is 17.6 Å². The van der Waals surface area contributed by atoms with Crippen molar-refractivity contribution in [2.45, 2.75) is 18.9 Å². The second kappa shape index (κ2) is 10.7. The van der Waals surface area contributed by atoms with E-state index in [1.54, 1.807) is 30.7 Å². The molecule has 0 atom stereocenters. The number of carbonyl (C=O) groups excluding carboxylic acids is 1. The molecule has 2 aromatic carbocycles. The molecule has 10 nitrogen and oxygen atoms in total. The Hall–Kier alpha value is -4.78. The quantitative estimate of drug-likeness (QED) is 0.386. The summed E-state index contributed by atoms with van der Waals surface area (Å²) in [4.78, 5) is 25.1. The maximum absolute atomic E-state index is 12.0. The number of nitrogens with zero attached hydrogens (tertiary/aromatic N) is 7. The van der Waals surface area contributed by atoms with E-state index in [0.717, 1.165) is 42.9 Å². The molecule has 4 aromatic rings. The predicted molar refractivity (Wildman–Crippen MR) is 136 cm³/mol. The second-order valence-electron chi connectivity index (χ2n) is 8.42. The molecule has 10 heteroatoms. The molecular weight excluding hydrogens is 454 g/mol. The summed E-state index contributed by atoms with van der Waals surface area (Å²) >= 11 is 0. The Kier molecular flexibility index (Phi) is 6.80. The van der Waals surface area contributed by atoms with E-state index in [1.807, 2.05) is 41.2 Å². The Labute approximate surface area is 208 Å². The summed E-state index contributed by atoms with van der Waals surface area (Å²) in [6.45, 7) is 1.90. The minimum absolute atomic E-state index is 0.0230. The zero-order valence-corrected chi connectivity index (χ0v) is 19.6. The third-order valence-electron chi connectivity index (χ3n) is 6.14. The topological polar surface area (TPSA) is 125 Å². The number of nitriles is 1. The molecule has 2 N–H and O–H groups in total. The Morgan fingerprint density at radius 1 is 0.972 bits per heavy atom. The highest BCUT2D eigenvalue weighted by molar-refractivity contribution is 5.94. The first-order valence-corrected chi connectivity index (χ1v) is 11.8. The summed E-state index contributed by atoms with van der Waals surface area (Å²) in [5.41, 5.74) is 4.17. The summed E-state index contributed by atoms with van der Waals surface area (Å²) < 4.78 is 0. The van der Waals surface area contributed by atoms with E-state index in [2.05, 4.69) is 47.8 Å². The van der Waals surface area contributed by atoms with Gasteiger partial charge >= 0.3 is 0 Å². The highest BCUT2D eigenvalue weighted by Crippen LogP contribution is 2.27. The molecule has 0 unspecified atom stereocenters. The van der Waals surface area contributed by atoms with Crippen LogP contribution in [0, 0.1) is 11.3 Å². The van der Waals surface area contributed by atoms with Crippen molar-refractivity contribution in [3.63, 3.8) is 0 Å². The lowest BCUT2D eigenvalue weighted by molar-refractivity contribution is 0.0958. The molecule has 0 spiro atoms. The average molecular weight is 480 g/mol. The third kappa shape index (κ3) is 5.31. The molecule has 1 aliphatic heterocycles. The third-order valence-corrected chi connectivity index (χ3v) is 6.14. The molecule has 1 fully saturated rings. The first-order chi connectivity index (χ1) is 17.7. The van der Waals surface area contributed by atoms with E-state index >= 15 is 0 Å². The Morgan fingerprint density at radius 2 is 1.69 bits per heavy atom. The maximum atomic E-state index is 12.0. The number of amides is 1. The van der Waals surface area contributed by atoms with E-state index in [1.165, 1.54) is 5.69 Å². The summed E-state index contributed by atoms with van der Waals surface area (Å²) in [7, 11) is 0. The Morgan fingerprint density at radius 3 is 2.39 bits per heavy atom. The van der Waals surface area contributed by atoms with Crippen LogP contribution >= 0.6 is 0 Å². The molecule has 2 aromatic heterocycles. The monoisotopic (exact) mass is 479 g/mol. The molecule has 5 rings (SSSR count). The zero-order chi connectivity index (χ0) is 24.7. The molecule has 0 radical (unpaired) electrons. The number of anilines is 3. The van der Waals surface area contributed by atoms with Crippen LogP contribution in [-0.2, 0) is 0 Å². The molecule has 1 amide bonds. The number of hydrogen-bond acceptors (Lipinski definition) is 8. The van der Waals surface area contributed by atoms with Gasteiger partial charge in [-0.1, -0.05) is 12.1 Å². The minimum atomic E-state index is -0.282. The van der Waals surface area contributed by atoms with Crippen LogP contribution in [-0.4, -0.2) is 50.5 Å². The first-order valence-electron chi connectivity index (χ1n) is 11.8. The van der Waals surface area contributed by atoms with E-state index in [-0.39, 0.29) is 12.5 Å². The Bertz CT molecular complexity index is 1340. The molecule has 0 bridgehead atoms. The molecule has 180 valence electrons. The molecule has 0 saturated carbocycles. The predicted octanol–water partition coefficient (Wildman–Crippen LogP) is 3.57. The molecule has 3 heterocycles. The van der Waals surface area contributed by atoms with Gasteiger partial charge in [0.25, 0.3) is 5.91 Å². The normalized spacial score (nSPS) is 13.7.